The minimum Gasteiger partial charge on any atom is -0.357 e. The molecule has 82 valence electrons. The Morgan fingerprint density at radius 2 is 2.12 bits per heavy atom. The maximum absolute atomic E-state index is 4.46. The number of hydrogen-bond acceptors (Lipinski definition) is 3. The van der Waals surface area contributed by atoms with Gasteiger partial charge in [-0.15, -0.1) is 0 Å². The zero-order chi connectivity index (χ0) is 11.5. The van der Waals surface area contributed by atoms with Crippen LogP contribution in [-0.2, 0) is 0 Å². The SMILES string of the molecule is CNc1ncc(C)c(-c2cccc(Br)c2)n1. The van der Waals surface area contributed by atoms with Crippen LogP contribution in [0.5, 0.6) is 0 Å². The molecule has 0 saturated heterocycles. The fourth-order valence-corrected chi connectivity index (χ4v) is 1.89. The van der Waals surface area contributed by atoms with Gasteiger partial charge in [0.15, 0.2) is 0 Å². The summed E-state index contributed by atoms with van der Waals surface area (Å²) in [5.41, 5.74) is 3.11. The summed E-state index contributed by atoms with van der Waals surface area (Å²) in [6, 6.07) is 8.09. The van der Waals surface area contributed by atoms with Crippen LogP contribution in [0.15, 0.2) is 34.9 Å². The highest BCUT2D eigenvalue weighted by Crippen LogP contribution is 2.24. The molecule has 16 heavy (non-hydrogen) atoms. The molecule has 0 unspecified atom stereocenters. The lowest BCUT2D eigenvalue weighted by molar-refractivity contribution is 1.12. The first-order chi connectivity index (χ1) is 7.70. The third-order valence-corrected chi connectivity index (χ3v) is 2.79. The predicted octanol–water partition coefficient (Wildman–Crippen LogP) is 3.26. The first-order valence-corrected chi connectivity index (χ1v) is 5.77. The number of anilines is 1. The van der Waals surface area contributed by atoms with E-state index in [4.69, 9.17) is 0 Å². The first-order valence-electron chi connectivity index (χ1n) is 4.98. The van der Waals surface area contributed by atoms with Gasteiger partial charge < -0.3 is 5.32 Å². The predicted molar refractivity (Wildman–Crippen MR) is 69.5 cm³/mol. The van der Waals surface area contributed by atoms with Crippen LogP contribution in [0.2, 0.25) is 0 Å². The molecule has 0 bridgehead atoms. The lowest BCUT2D eigenvalue weighted by Gasteiger charge is -2.07. The Morgan fingerprint density at radius 3 is 2.81 bits per heavy atom. The minimum absolute atomic E-state index is 0.639. The molecule has 0 amide bonds. The van der Waals surface area contributed by atoms with Crippen molar-refractivity contribution in [1.29, 1.82) is 0 Å². The Hall–Kier alpha value is -1.42. The van der Waals surface area contributed by atoms with Crippen LogP contribution in [0.25, 0.3) is 11.3 Å². The minimum atomic E-state index is 0.639. The van der Waals surface area contributed by atoms with Gasteiger partial charge in [0.25, 0.3) is 0 Å². The molecule has 0 radical (unpaired) electrons. The third-order valence-electron chi connectivity index (χ3n) is 2.29. The molecular weight excluding hydrogens is 266 g/mol. The fraction of sp³-hybridized carbons (Fsp3) is 0.167. The van der Waals surface area contributed by atoms with E-state index in [9.17, 15) is 0 Å². The molecule has 1 aromatic carbocycles. The van der Waals surface area contributed by atoms with Gasteiger partial charge in [-0.25, -0.2) is 9.97 Å². The van der Waals surface area contributed by atoms with Crippen molar-refractivity contribution in [2.75, 3.05) is 12.4 Å². The number of rotatable bonds is 2. The van der Waals surface area contributed by atoms with E-state index in [-0.39, 0.29) is 0 Å². The number of hydrogen-bond donors (Lipinski definition) is 1. The van der Waals surface area contributed by atoms with Gasteiger partial charge in [0.2, 0.25) is 5.95 Å². The third kappa shape index (κ3) is 2.22. The molecular formula is C12H12BrN3. The largest absolute Gasteiger partial charge is 0.357 e. The standard InChI is InChI=1S/C12H12BrN3/c1-8-7-15-12(14-2)16-11(8)9-4-3-5-10(13)6-9/h3-7H,1-2H3,(H,14,15,16). The van der Waals surface area contributed by atoms with Crippen molar-refractivity contribution < 1.29 is 0 Å². The first kappa shape index (κ1) is 11.1. The number of nitrogens with zero attached hydrogens (tertiary/aromatic N) is 2. The molecule has 3 nitrogen and oxygen atoms in total. The van der Waals surface area contributed by atoms with Crippen LogP contribution < -0.4 is 5.32 Å². The molecule has 0 spiro atoms. The van der Waals surface area contributed by atoms with Crippen molar-refractivity contribution >= 4 is 21.9 Å². The van der Waals surface area contributed by atoms with Gasteiger partial charge in [-0.2, -0.15) is 0 Å². The van der Waals surface area contributed by atoms with Gasteiger partial charge in [0.1, 0.15) is 0 Å². The number of nitrogens with one attached hydrogen (secondary N) is 1. The zero-order valence-electron chi connectivity index (χ0n) is 9.16. The highest BCUT2D eigenvalue weighted by Gasteiger charge is 2.05. The van der Waals surface area contributed by atoms with Gasteiger partial charge >= 0.3 is 0 Å². The normalized spacial score (nSPS) is 10.2. The van der Waals surface area contributed by atoms with E-state index in [0.717, 1.165) is 21.3 Å². The van der Waals surface area contributed by atoms with E-state index in [1.807, 2.05) is 38.4 Å². The van der Waals surface area contributed by atoms with Crippen LogP contribution in [0.1, 0.15) is 5.56 Å². The highest BCUT2D eigenvalue weighted by molar-refractivity contribution is 9.10. The lowest BCUT2D eigenvalue weighted by atomic mass is 10.1. The summed E-state index contributed by atoms with van der Waals surface area (Å²) < 4.78 is 1.05. The van der Waals surface area contributed by atoms with E-state index < -0.39 is 0 Å². The number of benzene rings is 1. The fourth-order valence-electron chi connectivity index (χ4n) is 1.49. The van der Waals surface area contributed by atoms with E-state index in [1.54, 1.807) is 0 Å². The average Bonchev–Trinajstić information content (AvgIpc) is 2.30. The molecule has 0 aliphatic rings. The molecule has 0 saturated carbocycles. The Bertz CT molecular complexity index is 511. The maximum Gasteiger partial charge on any atom is 0.222 e. The Labute approximate surface area is 103 Å². The van der Waals surface area contributed by atoms with Crippen molar-refractivity contribution in [3.05, 3.63) is 40.5 Å². The van der Waals surface area contributed by atoms with Gasteiger partial charge in [0, 0.05) is 23.3 Å². The second kappa shape index (κ2) is 4.61. The summed E-state index contributed by atoms with van der Waals surface area (Å²) in [6.07, 6.45) is 1.83. The van der Waals surface area contributed by atoms with Crippen LogP contribution >= 0.6 is 15.9 Å². The Kier molecular flexibility index (Phi) is 3.19. The van der Waals surface area contributed by atoms with E-state index in [1.165, 1.54) is 0 Å². The van der Waals surface area contributed by atoms with E-state index >= 15 is 0 Å². The van der Waals surface area contributed by atoms with Gasteiger partial charge in [0.05, 0.1) is 5.69 Å². The van der Waals surface area contributed by atoms with Crippen LogP contribution in [0.4, 0.5) is 5.95 Å². The van der Waals surface area contributed by atoms with Crippen molar-refractivity contribution in [3.8, 4) is 11.3 Å². The van der Waals surface area contributed by atoms with Crippen LogP contribution in [-0.4, -0.2) is 17.0 Å². The molecule has 1 N–H and O–H groups in total. The summed E-state index contributed by atoms with van der Waals surface area (Å²) in [5, 5.41) is 2.95. The number of aromatic nitrogens is 2. The van der Waals surface area contributed by atoms with Gasteiger partial charge in [-0.1, -0.05) is 28.1 Å². The van der Waals surface area contributed by atoms with Gasteiger partial charge in [-0.3, -0.25) is 0 Å². The van der Waals surface area contributed by atoms with Crippen molar-refractivity contribution in [1.82, 2.24) is 9.97 Å². The molecule has 2 aromatic rings. The highest BCUT2D eigenvalue weighted by atomic mass is 79.9. The Balaban J connectivity index is 2.54. The summed E-state index contributed by atoms with van der Waals surface area (Å²) in [6.45, 7) is 2.01. The smallest absolute Gasteiger partial charge is 0.222 e. The number of halogens is 1. The van der Waals surface area contributed by atoms with Crippen molar-refractivity contribution in [2.45, 2.75) is 6.92 Å². The Morgan fingerprint density at radius 1 is 1.31 bits per heavy atom. The zero-order valence-corrected chi connectivity index (χ0v) is 10.7. The molecule has 1 heterocycles. The lowest BCUT2D eigenvalue weighted by Crippen LogP contribution is -1.99. The summed E-state index contributed by atoms with van der Waals surface area (Å²) in [7, 11) is 1.81. The molecule has 0 aliphatic carbocycles. The second-order valence-corrected chi connectivity index (χ2v) is 4.40. The van der Waals surface area contributed by atoms with E-state index in [2.05, 4.69) is 37.3 Å². The van der Waals surface area contributed by atoms with Crippen molar-refractivity contribution in [2.24, 2.45) is 0 Å². The molecule has 0 fully saturated rings. The van der Waals surface area contributed by atoms with Gasteiger partial charge in [-0.05, 0) is 24.6 Å². The van der Waals surface area contributed by atoms with Crippen LogP contribution in [0.3, 0.4) is 0 Å². The quantitative estimate of drug-likeness (QED) is 0.916. The molecule has 2 rings (SSSR count). The van der Waals surface area contributed by atoms with Crippen molar-refractivity contribution in [3.63, 3.8) is 0 Å². The van der Waals surface area contributed by atoms with Crippen LogP contribution in [0, 0.1) is 6.92 Å². The van der Waals surface area contributed by atoms with E-state index in [0.29, 0.717) is 5.95 Å². The molecule has 0 aliphatic heterocycles. The topological polar surface area (TPSA) is 37.8 Å². The monoisotopic (exact) mass is 277 g/mol. The summed E-state index contributed by atoms with van der Waals surface area (Å²) in [4.78, 5) is 8.63. The maximum atomic E-state index is 4.46. The average molecular weight is 278 g/mol. The summed E-state index contributed by atoms with van der Waals surface area (Å²) in [5.74, 6) is 0.639. The second-order valence-electron chi connectivity index (χ2n) is 3.49. The summed E-state index contributed by atoms with van der Waals surface area (Å²) >= 11 is 3.46. The molecule has 0 atom stereocenters. The molecule has 4 heteroatoms. The number of aryl methyl sites for hydroxylation is 1. The molecule has 1 aromatic heterocycles.